The molecule has 34 heavy (non-hydrogen) atoms. The molecule has 0 unspecified atom stereocenters. The van der Waals surface area contributed by atoms with E-state index in [9.17, 15) is 5.26 Å². The maximum Gasteiger partial charge on any atom is 0.141 e. The summed E-state index contributed by atoms with van der Waals surface area (Å²) in [6.45, 7) is 0. The van der Waals surface area contributed by atoms with Gasteiger partial charge in [0, 0.05) is 11.3 Å². The Kier molecular flexibility index (Phi) is 4.79. The lowest BCUT2D eigenvalue weighted by Crippen LogP contribution is -2.24. The topological polar surface area (TPSA) is 43.2 Å². The lowest BCUT2D eigenvalue weighted by Gasteiger charge is -2.40. The van der Waals surface area contributed by atoms with Gasteiger partial charge in [-0.3, -0.25) is 0 Å². The van der Waals surface area contributed by atoms with Crippen molar-refractivity contribution in [2.24, 2.45) is 0 Å². The van der Waals surface area contributed by atoms with E-state index >= 15 is 0 Å². The van der Waals surface area contributed by atoms with E-state index in [0.717, 1.165) is 45.4 Å². The number of fused-ring (bicyclic) bond motifs is 2. The van der Waals surface area contributed by atoms with Crippen LogP contribution in [0.3, 0.4) is 0 Å². The van der Waals surface area contributed by atoms with E-state index in [1.807, 2.05) is 30.3 Å². The van der Waals surface area contributed by atoms with Crippen molar-refractivity contribution in [1.29, 1.82) is 5.26 Å². The van der Waals surface area contributed by atoms with Crippen LogP contribution in [0, 0.1) is 11.3 Å². The molecule has 0 aliphatic carbocycles. The van der Waals surface area contributed by atoms with Crippen LogP contribution in [-0.4, -0.2) is 4.98 Å². The highest BCUT2D eigenvalue weighted by Gasteiger charge is 2.31. The molecule has 0 N–H and O–H groups in total. The molecule has 4 aromatic carbocycles. The van der Waals surface area contributed by atoms with Gasteiger partial charge >= 0.3 is 0 Å². The van der Waals surface area contributed by atoms with Crippen molar-refractivity contribution < 1.29 is 0 Å². The average Bonchev–Trinajstić information content (AvgIpc) is 2.92. The van der Waals surface area contributed by atoms with Gasteiger partial charge in [-0.1, -0.05) is 66.7 Å². The maximum absolute atomic E-state index is 9.40. The molecule has 0 spiro atoms. The van der Waals surface area contributed by atoms with Crippen molar-refractivity contribution in [3.8, 4) is 17.3 Å². The molecule has 0 saturated carbocycles. The van der Waals surface area contributed by atoms with Crippen LogP contribution in [0.1, 0.15) is 5.69 Å². The first-order valence-corrected chi connectivity index (χ1v) is 11.1. The molecule has 1 aromatic heterocycles. The molecule has 0 amide bonds. The number of aromatic nitrogens is 1. The number of pyridine rings is 1. The van der Waals surface area contributed by atoms with Crippen LogP contribution in [0.4, 0.5) is 34.1 Å². The van der Waals surface area contributed by atoms with Crippen LogP contribution in [0.2, 0.25) is 0 Å². The Morgan fingerprint density at radius 1 is 0.500 bits per heavy atom. The fraction of sp³-hybridized carbons (Fsp3) is 0. The Labute approximate surface area is 198 Å². The zero-order valence-electron chi connectivity index (χ0n) is 18.3. The molecule has 0 saturated heterocycles. The van der Waals surface area contributed by atoms with Gasteiger partial charge < -0.3 is 9.80 Å². The predicted molar refractivity (Wildman–Crippen MR) is 137 cm³/mol. The molecular weight excluding hydrogens is 416 g/mol. The second-order valence-electron chi connectivity index (χ2n) is 8.02. The van der Waals surface area contributed by atoms with Crippen LogP contribution >= 0.6 is 0 Å². The highest BCUT2D eigenvalue weighted by atomic mass is 15.3. The number of rotatable bonds is 3. The van der Waals surface area contributed by atoms with Crippen molar-refractivity contribution >= 4 is 34.1 Å². The van der Waals surface area contributed by atoms with E-state index in [2.05, 4.69) is 106 Å². The average molecular weight is 437 g/mol. The summed E-state index contributed by atoms with van der Waals surface area (Å²) in [5, 5.41) is 9.40. The third-order valence-electron chi connectivity index (χ3n) is 6.03. The first kappa shape index (κ1) is 19.8. The zero-order valence-corrected chi connectivity index (χ0v) is 18.3. The first-order chi connectivity index (χ1) is 16.8. The molecule has 0 atom stereocenters. The van der Waals surface area contributed by atoms with Crippen molar-refractivity contribution in [1.82, 2.24) is 4.98 Å². The van der Waals surface area contributed by atoms with Gasteiger partial charge in [0.05, 0.1) is 34.1 Å². The van der Waals surface area contributed by atoms with Gasteiger partial charge in [0.1, 0.15) is 11.8 Å². The second kappa shape index (κ2) is 8.23. The van der Waals surface area contributed by atoms with Crippen LogP contribution in [0.15, 0.2) is 121 Å². The highest BCUT2D eigenvalue weighted by molar-refractivity contribution is 6.03. The van der Waals surface area contributed by atoms with Gasteiger partial charge in [-0.15, -0.1) is 0 Å². The monoisotopic (exact) mass is 436 g/mol. The third-order valence-corrected chi connectivity index (χ3v) is 6.03. The highest BCUT2D eigenvalue weighted by Crippen LogP contribution is 2.54. The largest absolute Gasteiger partial charge is 0.306 e. The maximum atomic E-state index is 9.40. The molecule has 160 valence electrons. The molecule has 0 bridgehead atoms. The van der Waals surface area contributed by atoms with Crippen molar-refractivity contribution in [3.63, 3.8) is 0 Å². The lowest BCUT2D eigenvalue weighted by atomic mass is 10.0. The molecule has 4 heteroatoms. The summed E-state index contributed by atoms with van der Waals surface area (Å²) in [6.07, 6.45) is 0. The third kappa shape index (κ3) is 3.19. The van der Waals surface area contributed by atoms with Gasteiger partial charge in [-0.05, 0) is 54.6 Å². The minimum Gasteiger partial charge on any atom is -0.306 e. The molecule has 4 nitrogen and oxygen atoms in total. The van der Waals surface area contributed by atoms with E-state index in [1.165, 1.54) is 0 Å². The summed E-state index contributed by atoms with van der Waals surface area (Å²) in [6, 6.07) is 43.3. The predicted octanol–water partition coefficient (Wildman–Crippen LogP) is 7.87. The zero-order chi connectivity index (χ0) is 22.9. The van der Waals surface area contributed by atoms with Gasteiger partial charge in [0.25, 0.3) is 0 Å². The molecular formula is C30H20N4. The van der Waals surface area contributed by atoms with Gasteiger partial charge in [0.2, 0.25) is 0 Å². The van der Waals surface area contributed by atoms with Crippen LogP contribution in [-0.2, 0) is 0 Å². The summed E-state index contributed by atoms with van der Waals surface area (Å²) in [7, 11) is 0. The van der Waals surface area contributed by atoms with Gasteiger partial charge in [0.15, 0.2) is 0 Å². The van der Waals surface area contributed by atoms with Crippen molar-refractivity contribution in [2.75, 3.05) is 9.80 Å². The number of benzene rings is 4. The van der Waals surface area contributed by atoms with E-state index in [0.29, 0.717) is 5.69 Å². The summed E-state index contributed by atoms with van der Waals surface area (Å²) < 4.78 is 0. The summed E-state index contributed by atoms with van der Waals surface area (Å²) in [5.74, 6) is 0. The number of nitriles is 1. The summed E-state index contributed by atoms with van der Waals surface area (Å²) in [4.78, 5) is 9.19. The lowest BCUT2D eigenvalue weighted by molar-refractivity contribution is 1.17. The number of para-hydroxylation sites is 6. The van der Waals surface area contributed by atoms with Crippen LogP contribution < -0.4 is 9.80 Å². The van der Waals surface area contributed by atoms with Crippen LogP contribution in [0.25, 0.3) is 11.3 Å². The minimum absolute atomic E-state index is 0.405. The molecule has 0 fully saturated rings. The Morgan fingerprint density at radius 2 is 1.03 bits per heavy atom. The Morgan fingerprint density at radius 3 is 1.65 bits per heavy atom. The number of hydrogen-bond acceptors (Lipinski definition) is 4. The van der Waals surface area contributed by atoms with E-state index in [1.54, 1.807) is 6.07 Å². The SMILES string of the molecule is N#Cc1cccc(-c2ccccc2N2c3ccccc3N(c3ccccc3)c3ccccc32)n1. The first-order valence-electron chi connectivity index (χ1n) is 11.1. The molecule has 1 aliphatic heterocycles. The fourth-order valence-corrected chi connectivity index (χ4v) is 4.59. The van der Waals surface area contributed by atoms with E-state index in [-0.39, 0.29) is 0 Å². The minimum atomic E-state index is 0.405. The Balaban J connectivity index is 1.61. The second-order valence-corrected chi connectivity index (χ2v) is 8.02. The van der Waals surface area contributed by atoms with E-state index < -0.39 is 0 Å². The molecule has 6 rings (SSSR count). The quantitative estimate of drug-likeness (QED) is 0.283. The normalized spacial score (nSPS) is 12.0. The number of anilines is 6. The molecule has 2 heterocycles. The van der Waals surface area contributed by atoms with Crippen molar-refractivity contribution in [3.05, 3.63) is 127 Å². The van der Waals surface area contributed by atoms with Gasteiger partial charge in [-0.2, -0.15) is 5.26 Å². The smallest absolute Gasteiger partial charge is 0.141 e. The number of hydrogen-bond donors (Lipinski definition) is 0. The van der Waals surface area contributed by atoms with E-state index in [4.69, 9.17) is 0 Å². The summed E-state index contributed by atoms with van der Waals surface area (Å²) in [5.41, 5.74) is 8.62. The molecule has 0 radical (unpaired) electrons. The van der Waals surface area contributed by atoms with Crippen molar-refractivity contribution in [2.45, 2.75) is 0 Å². The fourth-order valence-electron chi connectivity index (χ4n) is 4.59. The van der Waals surface area contributed by atoms with Gasteiger partial charge in [-0.25, -0.2) is 4.98 Å². The Bertz CT molecular complexity index is 1490. The molecule has 1 aliphatic rings. The van der Waals surface area contributed by atoms with Crippen LogP contribution in [0.5, 0.6) is 0 Å². The molecule has 5 aromatic rings. The number of nitrogens with zero attached hydrogens (tertiary/aromatic N) is 4. The summed E-state index contributed by atoms with van der Waals surface area (Å²) >= 11 is 0. The standard InChI is InChI=1S/C30H20N4/c31-21-22-11-10-15-25(32-22)24-14-4-5-16-26(24)34-29-19-8-6-17-27(29)33(23-12-2-1-3-13-23)28-18-7-9-20-30(28)34/h1-20H. The Hall–Kier alpha value is -4.88.